The van der Waals surface area contributed by atoms with E-state index in [1.807, 2.05) is 18.5 Å². The van der Waals surface area contributed by atoms with Crippen molar-refractivity contribution >= 4 is 0 Å². The Hall–Kier alpha value is -1.33. The average molecular weight is 186 g/mol. The van der Waals surface area contributed by atoms with E-state index in [9.17, 15) is 0 Å². The van der Waals surface area contributed by atoms with Crippen LogP contribution in [0.4, 0.5) is 0 Å². The summed E-state index contributed by atoms with van der Waals surface area (Å²) in [6.07, 6.45) is 11.5. The molecular weight excluding hydrogens is 172 g/mol. The molecule has 0 radical (unpaired) electrons. The van der Waals surface area contributed by atoms with Gasteiger partial charge in [-0.05, 0) is 31.0 Å². The summed E-state index contributed by atoms with van der Waals surface area (Å²) in [5.74, 6) is 2.71. The first kappa shape index (κ1) is 9.23. The van der Waals surface area contributed by atoms with Crippen LogP contribution < -0.4 is 0 Å². The number of terminal acetylenes is 1. The first-order valence-electron chi connectivity index (χ1n) is 4.99. The second kappa shape index (κ2) is 4.26. The molecule has 1 aromatic rings. The van der Waals surface area contributed by atoms with Crippen molar-refractivity contribution in [2.45, 2.75) is 18.9 Å². The van der Waals surface area contributed by atoms with Crippen LogP contribution in [0, 0.1) is 12.3 Å². The van der Waals surface area contributed by atoms with Gasteiger partial charge < -0.3 is 0 Å². The van der Waals surface area contributed by atoms with E-state index >= 15 is 0 Å². The molecule has 0 aliphatic carbocycles. The number of pyridine rings is 1. The number of likely N-dealkylation sites (tertiary alicyclic amines) is 1. The lowest BCUT2D eigenvalue weighted by Crippen LogP contribution is -2.23. The molecule has 1 aliphatic rings. The third kappa shape index (κ3) is 1.78. The third-order valence-corrected chi connectivity index (χ3v) is 2.73. The lowest BCUT2D eigenvalue weighted by molar-refractivity contribution is 0.289. The lowest BCUT2D eigenvalue weighted by atomic mass is 10.1. The van der Waals surface area contributed by atoms with Crippen LogP contribution in [0.1, 0.15) is 24.4 Å². The van der Waals surface area contributed by atoms with Gasteiger partial charge in [0.2, 0.25) is 0 Å². The summed E-state index contributed by atoms with van der Waals surface area (Å²) in [6.45, 7) is 1.86. The summed E-state index contributed by atoms with van der Waals surface area (Å²) in [6, 6.07) is 4.61. The van der Waals surface area contributed by atoms with Gasteiger partial charge in [0.05, 0.1) is 6.54 Å². The Labute approximate surface area is 85.0 Å². The molecule has 1 saturated heterocycles. The average Bonchev–Trinajstić information content (AvgIpc) is 2.68. The summed E-state index contributed by atoms with van der Waals surface area (Å²) in [5, 5.41) is 0. The smallest absolute Gasteiger partial charge is 0.0604 e. The fourth-order valence-electron chi connectivity index (χ4n) is 2.08. The quantitative estimate of drug-likeness (QED) is 0.655. The van der Waals surface area contributed by atoms with E-state index in [1.54, 1.807) is 0 Å². The van der Waals surface area contributed by atoms with Crippen molar-refractivity contribution < 1.29 is 0 Å². The van der Waals surface area contributed by atoms with Crippen molar-refractivity contribution in [1.29, 1.82) is 0 Å². The van der Waals surface area contributed by atoms with Gasteiger partial charge in [0.15, 0.2) is 0 Å². The molecule has 1 atom stereocenters. The molecule has 0 bridgehead atoms. The highest BCUT2D eigenvalue weighted by Gasteiger charge is 2.24. The molecule has 0 unspecified atom stereocenters. The van der Waals surface area contributed by atoms with Crippen LogP contribution in [0.5, 0.6) is 0 Å². The lowest BCUT2D eigenvalue weighted by Gasteiger charge is -2.21. The Morgan fingerprint density at radius 3 is 3.29 bits per heavy atom. The van der Waals surface area contributed by atoms with Gasteiger partial charge in [-0.15, -0.1) is 6.42 Å². The minimum Gasteiger partial charge on any atom is -0.285 e. The molecule has 1 aromatic heterocycles. The van der Waals surface area contributed by atoms with Crippen LogP contribution in [0.3, 0.4) is 0 Å². The molecule has 0 saturated carbocycles. The molecule has 2 rings (SSSR count). The normalized spacial score (nSPS) is 22.1. The number of hydrogen-bond acceptors (Lipinski definition) is 2. The van der Waals surface area contributed by atoms with E-state index in [0.717, 1.165) is 13.1 Å². The molecule has 2 nitrogen and oxygen atoms in total. The molecule has 0 spiro atoms. The zero-order valence-electron chi connectivity index (χ0n) is 8.19. The fourth-order valence-corrected chi connectivity index (χ4v) is 2.08. The van der Waals surface area contributed by atoms with Gasteiger partial charge in [-0.2, -0.15) is 0 Å². The van der Waals surface area contributed by atoms with Gasteiger partial charge in [-0.1, -0.05) is 12.0 Å². The highest BCUT2D eigenvalue weighted by molar-refractivity contribution is 5.16. The monoisotopic (exact) mass is 186 g/mol. The molecular formula is C12H14N2. The summed E-state index contributed by atoms with van der Waals surface area (Å²) < 4.78 is 0. The maximum Gasteiger partial charge on any atom is 0.0604 e. The highest BCUT2D eigenvalue weighted by Crippen LogP contribution is 2.30. The van der Waals surface area contributed by atoms with Crippen molar-refractivity contribution in [2.24, 2.45) is 0 Å². The predicted molar refractivity (Wildman–Crippen MR) is 56.6 cm³/mol. The minimum absolute atomic E-state index is 0.486. The maximum atomic E-state index is 5.34. The van der Waals surface area contributed by atoms with Crippen molar-refractivity contribution in [3.63, 3.8) is 0 Å². The zero-order valence-corrected chi connectivity index (χ0v) is 8.19. The van der Waals surface area contributed by atoms with Gasteiger partial charge >= 0.3 is 0 Å². The first-order valence-corrected chi connectivity index (χ1v) is 4.99. The molecule has 2 heterocycles. The van der Waals surface area contributed by atoms with Crippen LogP contribution in [0.2, 0.25) is 0 Å². The molecule has 1 aliphatic heterocycles. The van der Waals surface area contributed by atoms with Crippen molar-refractivity contribution in [3.05, 3.63) is 30.1 Å². The Morgan fingerprint density at radius 1 is 1.64 bits per heavy atom. The van der Waals surface area contributed by atoms with Gasteiger partial charge in [0, 0.05) is 18.4 Å². The van der Waals surface area contributed by atoms with Gasteiger partial charge in [-0.25, -0.2) is 0 Å². The van der Waals surface area contributed by atoms with Crippen molar-refractivity contribution in [3.8, 4) is 12.3 Å². The topological polar surface area (TPSA) is 16.1 Å². The van der Waals surface area contributed by atoms with Gasteiger partial charge in [0.25, 0.3) is 0 Å². The predicted octanol–water partition coefficient (Wildman–Crippen LogP) is 1.85. The van der Waals surface area contributed by atoms with Crippen molar-refractivity contribution in [1.82, 2.24) is 9.88 Å². The summed E-state index contributed by atoms with van der Waals surface area (Å²) in [4.78, 5) is 6.49. The van der Waals surface area contributed by atoms with E-state index in [-0.39, 0.29) is 0 Å². The highest BCUT2D eigenvalue weighted by atomic mass is 15.2. The van der Waals surface area contributed by atoms with Crippen LogP contribution in [-0.2, 0) is 0 Å². The van der Waals surface area contributed by atoms with E-state index in [4.69, 9.17) is 6.42 Å². The van der Waals surface area contributed by atoms with E-state index in [1.165, 1.54) is 18.4 Å². The summed E-state index contributed by atoms with van der Waals surface area (Å²) >= 11 is 0. The molecule has 14 heavy (non-hydrogen) atoms. The fraction of sp³-hybridized carbons (Fsp3) is 0.417. The molecule has 0 N–H and O–H groups in total. The van der Waals surface area contributed by atoms with Crippen molar-refractivity contribution in [2.75, 3.05) is 13.1 Å². The van der Waals surface area contributed by atoms with Crippen LogP contribution in [0.25, 0.3) is 0 Å². The molecule has 1 fully saturated rings. The molecule has 0 aromatic carbocycles. The van der Waals surface area contributed by atoms with Crippen LogP contribution in [0.15, 0.2) is 24.5 Å². The number of hydrogen-bond donors (Lipinski definition) is 0. The minimum atomic E-state index is 0.486. The standard InChI is InChI=1S/C12H14N2/c1-2-8-14-9-4-6-12(14)11-5-3-7-13-10-11/h1,3,5,7,10,12H,4,6,8-9H2/t12-/m1/s1. The van der Waals surface area contributed by atoms with Crippen LogP contribution >= 0.6 is 0 Å². The molecule has 2 heteroatoms. The van der Waals surface area contributed by atoms with Crippen LogP contribution in [-0.4, -0.2) is 23.0 Å². The molecule has 0 amide bonds. The maximum absolute atomic E-state index is 5.34. The number of aromatic nitrogens is 1. The first-order chi connectivity index (χ1) is 6.92. The Kier molecular flexibility index (Phi) is 2.81. The number of nitrogens with zero attached hydrogens (tertiary/aromatic N) is 2. The SMILES string of the molecule is C#CCN1CCC[C@@H]1c1cccnc1. The summed E-state index contributed by atoms with van der Waals surface area (Å²) in [5.41, 5.74) is 1.29. The Bertz CT molecular complexity index is 326. The second-order valence-corrected chi connectivity index (χ2v) is 3.62. The molecule has 72 valence electrons. The van der Waals surface area contributed by atoms with Gasteiger partial charge in [-0.3, -0.25) is 9.88 Å². The van der Waals surface area contributed by atoms with E-state index < -0.39 is 0 Å². The Morgan fingerprint density at radius 2 is 2.57 bits per heavy atom. The number of rotatable bonds is 2. The van der Waals surface area contributed by atoms with Gasteiger partial charge in [0.1, 0.15) is 0 Å². The van der Waals surface area contributed by atoms with E-state index in [2.05, 4.69) is 21.9 Å². The zero-order chi connectivity index (χ0) is 9.80. The Balaban J connectivity index is 2.14. The van der Waals surface area contributed by atoms with E-state index in [0.29, 0.717) is 6.04 Å². The third-order valence-electron chi connectivity index (χ3n) is 2.73. The second-order valence-electron chi connectivity index (χ2n) is 3.62. The summed E-state index contributed by atoms with van der Waals surface area (Å²) in [7, 11) is 0. The largest absolute Gasteiger partial charge is 0.285 e.